The van der Waals surface area contributed by atoms with Crippen LogP contribution < -0.4 is 11.1 Å². The molecule has 76 valence electrons. The molecule has 2 unspecified atom stereocenters. The standard InChI is InChI=1S/C9H14N4O/c1-13-5-6(4-12-13)3-11-9(14)7-2-8(7)10/h4-5,7-8H,2-3,10H2,1H3,(H,11,14). The lowest BCUT2D eigenvalue weighted by Crippen LogP contribution is -2.26. The fourth-order valence-electron chi connectivity index (χ4n) is 1.40. The molecule has 0 aliphatic heterocycles. The second-order valence-electron chi connectivity index (χ2n) is 3.75. The number of carbonyl (C=O) groups excluding carboxylic acids is 1. The maximum atomic E-state index is 11.4. The van der Waals surface area contributed by atoms with Gasteiger partial charge in [-0.2, -0.15) is 5.10 Å². The van der Waals surface area contributed by atoms with Gasteiger partial charge in [0.15, 0.2) is 0 Å². The molecule has 1 saturated carbocycles. The Kier molecular flexibility index (Phi) is 2.25. The van der Waals surface area contributed by atoms with Crippen LogP contribution >= 0.6 is 0 Å². The Bertz CT molecular complexity index is 346. The van der Waals surface area contributed by atoms with Crippen molar-refractivity contribution in [3.63, 3.8) is 0 Å². The van der Waals surface area contributed by atoms with E-state index >= 15 is 0 Å². The molecule has 1 fully saturated rings. The lowest BCUT2D eigenvalue weighted by Gasteiger charge is -2.01. The minimum atomic E-state index is 0.0340. The highest BCUT2D eigenvalue weighted by Crippen LogP contribution is 2.27. The Morgan fingerprint density at radius 1 is 1.86 bits per heavy atom. The first-order valence-corrected chi connectivity index (χ1v) is 4.67. The largest absolute Gasteiger partial charge is 0.352 e. The summed E-state index contributed by atoms with van der Waals surface area (Å²) in [6.45, 7) is 0.538. The zero-order valence-corrected chi connectivity index (χ0v) is 8.10. The van der Waals surface area contributed by atoms with Crippen LogP contribution in [0.2, 0.25) is 0 Å². The van der Waals surface area contributed by atoms with E-state index in [0.717, 1.165) is 12.0 Å². The summed E-state index contributed by atoms with van der Waals surface area (Å²) < 4.78 is 1.71. The minimum Gasteiger partial charge on any atom is -0.352 e. The van der Waals surface area contributed by atoms with Crippen LogP contribution in [0, 0.1) is 5.92 Å². The Hall–Kier alpha value is -1.36. The smallest absolute Gasteiger partial charge is 0.225 e. The molecule has 1 aromatic rings. The molecule has 1 heterocycles. The van der Waals surface area contributed by atoms with Crippen LogP contribution in [0.15, 0.2) is 12.4 Å². The number of hydrogen-bond donors (Lipinski definition) is 2. The summed E-state index contributed by atoms with van der Waals surface area (Å²) >= 11 is 0. The molecule has 0 bridgehead atoms. The molecule has 0 radical (unpaired) electrons. The second kappa shape index (κ2) is 3.42. The lowest BCUT2D eigenvalue weighted by atomic mass is 10.3. The number of aromatic nitrogens is 2. The van der Waals surface area contributed by atoms with Crippen LogP contribution in [0.4, 0.5) is 0 Å². The van der Waals surface area contributed by atoms with Crippen molar-refractivity contribution in [2.24, 2.45) is 18.7 Å². The van der Waals surface area contributed by atoms with Crippen LogP contribution in [-0.4, -0.2) is 21.7 Å². The van der Waals surface area contributed by atoms with Crippen LogP contribution in [0.1, 0.15) is 12.0 Å². The number of nitrogens with one attached hydrogen (secondary N) is 1. The third-order valence-electron chi connectivity index (χ3n) is 2.40. The Morgan fingerprint density at radius 3 is 3.07 bits per heavy atom. The molecule has 0 saturated heterocycles. The van der Waals surface area contributed by atoms with E-state index < -0.39 is 0 Å². The first kappa shape index (κ1) is 9.21. The number of rotatable bonds is 3. The summed E-state index contributed by atoms with van der Waals surface area (Å²) in [5, 5.41) is 6.84. The number of nitrogens with zero attached hydrogens (tertiary/aromatic N) is 2. The van der Waals surface area contributed by atoms with E-state index in [0.29, 0.717) is 6.54 Å². The molecule has 3 N–H and O–H groups in total. The van der Waals surface area contributed by atoms with E-state index in [1.807, 2.05) is 13.2 Å². The lowest BCUT2D eigenvalue weighted by molar-refractivity contribution is -0.122. The molecule has 1 amide bonds. The fraction of sp³-hybridized carbons (Fsp3) is 0.556. The van der Waals surface area contributed by atoms with Gasteiger partial charge in [-0.1, -0.05) is 0 Å². The number of aryl methyl sites for hydroxylation is 1. The van der Waals surface area contributed by atoms with Gasteiger partial charge in [0.25, 0.3) is 0 Å². The summed E-state index contributed by atoms with van der Waals surface area (Å²) in [4.78, 5) is 11.4. The zero-order valence-electron chi connectivity index (χ0n) is 8.10. The highest BCUT2D eigenvalue weighted by molar-refractivity contribution is 5.82. The molecule has 1 aromatic heterocycles. The van der Waals surface area contributed by atoms with Crippen LogP contribution in [0.25, 0.3) is 0 Å². The van der Waals surface area contributed by atoms with E-state index in [4.69, 9.17) is 5.73 Å². The van der Waals surface area contributed by atoms with Gasteiger partial charge in [-0.25, -0.2) is 0 Å². The first-order valence-electron chi connectivity index (χ1n) is 4.67. The molecule has 1 aliphatic rings. The molecule has 0 spiro atoms. The van der Waals surface area contributed by atoms with Gasteiger partial charge in [0, 0.05) is 31.4 Å². The van der Waals surface area contributed by atoms with Gasteiger partial charge in [-0.05, 0) is 6.42 Å². The van der Waals surface area contributed by atoms with E-state index in [1.165, 1.54) is 0 Å². The van der Waals surface area contributed by atoms with E-state index in [-0.39, 0.29) is 17.9 Å². The maximum Gasteiger partial charge on any atom is 0.225 e. The Morgan fingerprint density at radius 2 is 2.57 bits per heavy atom. The third-order valence-corrected chi connectivity index (χ3v) is 2.40. The van der Waals surface area contributed by atoms with Gasteiger partial charge in [0.2, 0.25) is 5.91 Å². The van der Waals surface area contributed by atoms with Gasteiger partial charge in [0.05, 0.1) is 12.1 Å². The SMILES string of the molecule is Cn1cc(CNC(=O)C2CC2N)cn1. The minimum absolute atomic E-state index is 0.0340. The second-order valence-corrected chi connectivity index (χ2v) is 3.75. The molecule has 5 nitrogen and oxygen atoms in total. The summed E-state index contributed by atoms with van der Waals surface area (Å²) in [5.74, 6) is 0.0908. The average Bonchev–Trinajstić information content (AvgIpc) is 2.72. The van der Waals surface area contributed by atoms with E-state index in [1.54, 1.807) is 10.9 Å². The number of nitrogens with two attached hydrogens (primary N) is 1. The normalized spacial score (nSPS) is 24.7. The van der Waals surface area contributed by atoms with Crippen molar-refractivity contribution in [2.45, 2.75) is 19.0 Å². The van der Waals surface area contributed by atoms with Crippen molar-refractivity contribution in [1.29, 1.82) is 0 Å². The van der Waals surface area contributed by atoms with Gasteiger partial charge >= 0.3 is 0 Å². The Labute approximate surface area is 82.3 Å². The molecule has 14 heavy (non-hydrogen) atoms. The van der Waals surface area contributed by atoms with Gasteiger partial charge < -0.3 is 11.1 Å². The molecule has 2 atom stereocenters. The van der Waals surface area contributed by atoms with E-state index in [2.05, 4.69) is 10.4 Å². The summed E-state index contributed by atoms with van der Waals surface area (Å²) in [7, 11) is 1.85. The quantitative estimate of drug-likeness (QED) is 0.673. The summed E-state index contributed by atoms with van der Waals surface area (Å²) in [6, 6.07) is 0.0731. The average molecular weight is 194 g/mol. The van der Waals surface area contributed by atoms with Crippen LogP contribution in [0.5, 0.6) is 0 Å². The van der Waals surface area contributed by atoms with Crippen LogP contribution in [-0.2, 0) is 18.4 Å². The molecule has 5 heteroatoms. The molecule has 0 aromatic carbocycles. The van der Waals surface area contributed by atoms with Crippen LogP contribution in [0.3, 0.4) is 0 Å². The number of carbonyl (C=O) groups is 1. The van der Waals surface area contributed by atoms with Gasteiger partial charge in [-0.3, -0.25) is 9.48 Å². The van der Waals surface area contributed by atoms with Gasteiger partial charge in [0.1, 0.15) is 0 Å². The summed E-state index contributed by atoms with van der Waals surface area (Å²) in [6.07, 6.45) is 4.44. The predicted molar refractivity (Wildman–Crippen MR) is 51.1 cm³/mol. The van der Waals surface area contributed by atoms with Crippen molar-refractivity contribution in [1.82, 2.24) is 15.1 Å². The number of hydrogen-bond acceptors (Lipinski definition) is 3. The van der Waals surface area contributed by atoms with Crippen molar-refractivity contribution in [3.05, 3.63) is 18.0 Å². The topological polar surface area (TPSA) is 72.9 Å². The molecular formula is C9H14N4O. The van der Waals surface area contributed by atoms with Gasteiger partial charge in [-0.15, -0.1) is 0 Å². The first-order chi connectivity index (χ1) is 6.66. The molecule has 2 rings (SSSR count). The highest BCUT2D eigenvalue weighted by Gasteiger charge is 2.39. The highest BCUT2D eigenvalue weighted by atomic mass is 16.2. The van der Waals surface area contributed by atoms with Crippen molar-refractivity contribution in [2.75, 3.05) is 0 Å². The fourth-order valence-corrected chi connectivity index (χ4v) is 1.40. The Balaban J connectivity index is 1.80. The monoisotopic (exact) mass is 194 g/mol. The van der Waals surface area contributed by atoms with Crippen molar-refractivity contribution < 1.29 is 4.79 Å². The zero-order chi connectivity index (χ0) is 10.1. The maximum absolute atomic E-state index is 11.4. The predicted octanol–water partition coefficient (Wildman–Crippen LogP) is -0.616. The van der Waals surface area contributed by atoms with E-state index in [9.17, 15) is 4.79 Å². The third kappa shape index (κ3) is 1.93. The summed E-state index contributed by atoms with van der Waals surface area (Å²) in [5.41, 5.74) is 6.57. The molecular weight excluding hydrogens is 180 g/mol. The number of amides is 1. The molecule has 1 aliphatic carbocycles. The van der Waals surface area contributed by atoms with Crippen molar-refractivity contribution in [3.8, 4) is 0 Å². The van der Waals surface area contributed by atoms with Crippen molar-refractivity contribution >= 4 is 5.91 Å².